The van der Waals surface area contributed by atoms with Gasteiger partial charge >= 0.3 is 0 Å². The maximum atomic E-state index is 3.55. The highest BCUT2D eigenvalue weighted by Gasteiger charge is 2.09. The van der Waals surface area contributed by atoms with Crippen LogP contribution < -0.4 is 0 Å². The number of nitrogens with one attached hydrogen (secondary N) is 1. The lowest BCUT2D eigenvalue weighted by Crippen LogP contribution is -1.97. The average Bonchev–Trinajstić information content (AvgIpc) is 2.53. The summed E-state index contributed by atoms with van der Waals surface area (Å²) in [5, 5.41) is 1.40. The van der Waals surface area contributed by atoms with Crippen molar-refractivity contribution in [2.45, 2.75) is 33.6 Å². The average molecular weight is 201 g/mol. The number of aromatic amines is 1. The van der Waals surface area contributed by atoms with E-state index in [1.165, 1.54) is 22.2 Å². The van der Waals surface area contributed by atoms with E-state index in [0.29, 0.717) is 5.92 Å². The molecule has 0 radical (unpaired) electrons. The van der Waals surface area contributed by atoms with E-state index in [4.69, 9.17) is 0 Å². The van der Waals surface area contributed by atoms with Crippen LogP contribution in [-0.4, -0.2) is 4.98 Å². The molecule has 2 aromatic rings. The van der Waals surface area contributed by atoms with Gasteiger partial charge in [-0.2, -0.15) is 0 Å². The van der Waals surface area contributed by atoms with E-state index < -0.39 is 0 Å². The van der Waals surface area contributed by atoms with Crippen molar-refractivity contribution in [1.82, 2.24) is 4.98 Å². The van der Waals surface area contributed by atoms with Crippen LogP contribution in [0.5, 0.6) is 0 Å². The lowest BCUT2D eigenvalue weighted by molar-refractivity contribution is 0.634. The predicted octanol–water partition coefficient (Wildman–Crippen LogP) is 3.93. The van der Waals surface area contributed by atoms with Gasteiger partial charge in [-0.1, -0.05) is 39.0 Å². The zero-order chi connectivity index (χ0) is 10.8. The molecule has 0 amide bonds. The SMILES string of the molecule is CCc1c(CC(C)C)[nH]c2ccccc12. The lowest BCUT2D eigenvalue weighted by atomic mass is 10.0. The summed E-state index contributed by atoms with van der Waals surface area (Å²) in [5.41, 5.74) is 4.21. The van der Waals surface area contributed by atoms with Crippen LogP contribution in [0.15, 0.2) is 24.3 Å². The number of fused-ring (bicyclic) bond motifs is 1. The van der Waals surface area contributed by atoms with Crippen LogP contribution in [0.3, 0.4) is 0 Å². The molecule has 80 valence electrons. The van der Waals surface area contributed by atoms with Gasteiger partial charge in [0, 0.05) is 16.6 Å². The minimum atomic E-state index is 0.711. The summed E-state index contributed by atoms with van der Waals surface area (Å²) in [4.78, 5) is 3.55. The summed E-state index contributed by atoms with van der Waals surface area (Å²) in [5.74, 6) is 0.711. The summed E-state index contributed by atoms with van der Waals surface area (Å²) in [6, 6.07) is 8.60. The highest BCUT2D eigenvalue weighted by molar-refractivity contribution is 5.84. The van der Waals surface area contributed by atoms with Crippen molar-refractivity contribution < 1.29 is 0 Å². The van der Waals surface area contributed by atoms with E-state index in [1.807, 2.05) is 0 Å². The molecule has 1 N–H and O–H groups in total. The Kier molecular flexibility index (Phi) is 2.81. The minimum Gasteiger partial charge on any atom is -0.358 e. The zero-order valence-corrected chi connectivity index (χ0v) is 9.80. The third kappa shape index (κ3) is 1.92. The van der Waals surface area contributed by atoms with E-state index in [2.05, 4.69) is 50.0 Å². The van der Waals surface area contributed by atoms with Gasteiger partial charge in [-0.25, -0.2) is 0 Å². The molecular formula is C14H19N. The van der Waals surface area contributed by atoms with Gasteiger partial charge in [-0.3, -0.25) is 0 Å². The molecule has 1 aromatic heterocycles. The second-order valence-corrected chi connectivity index (χ2v) is 4.58. The lowest BCUT2D eigenvalue weighted by Gasteiger charge is -2.04. The summed E-state index contributed by atoms with van der Waals surface area (Å²) >= 11 is 0. The van der Waals surface area contributed by atoms with E-state index in [0.717, 1.165) is 12.8 Å². The minimum absolute atomic E-state index is 0.711. The molecule has 15 heavy (non-hydrogen) atoms. The zero-order valence-electron chi connectivity index (χ0n) is 9.80. The van der Waals surface area contributed by atoms with Gasteiger partial charge in [0.2, 0.25) is 0 Å². The normalized spacial score (nSPS) is 11.5. The molecule has 0 spiro atoms. The first kappa shape index (κ1) is 10.3. The quantitative estimate of drug-likeness (QED) is 0.774. The van der Waals surface area contributed by atoms with Crippen molar-refractivity contribution in [2.75, 3.05) is 0 Å². The fourth-order valence-electron chi connectivity index (χ4n) is 2.24. The van der Waals surface area contributed by atoms with Crippen molar-refractivity contribution in [3.8, 4) is 0 Å². The van der Waals surface area contributed by atoms with Crippen LogP contribution >= 0.6 is 0 Å². The van der Waals surface area contributed by atoms with E-state index in [1.54, 1.807) is 0 Å². The maximum absolute atomic E-state index is 3.55. The van der Waals surface area contributed by atoms with Gasteiger partial charge in [-0.05, 0) is 30.4 Å². The number of rotatable bonds is 3. The molecule has 1 aromatic carbocycles. The van der Waals surface area contributed by atoms with Gasteiger partial charge in [-0.15, -0.1) is 0 Å². The van der Waals surface area contributed by atoms with E-state index >= 15 is 0 Å². The second-order valence-electron chi connectivity index (χ2n) is 4.58. The number of hydrogen-bond donors (Lipinski definition) is 1. The number of H-pyrrole nitrogens is 1. The maximum Gasteiger partial charge on any atom is 0.0458 e. The highest BCUT2D eigenvalue weighted by Crippen LogP contribution is 2.24. The molecule has 1 heterocycles. The van der Waals surface area contributed by atoms with Crippen LogP contribution in [0.25, 0.3) is 10.9 Å². The van der Waals surface area contributed by atoms with E-state index in [-0.39, 0.29) is 0 Å². The van der Waals surface area contributed by atoms with Crippen molar-refractivity contribution >= 4 is 10.9 Å². The van der Waals surface area contributed by atoms with Crippen molar-refractivity contribution in [1.29, 1.82) is 0 Å². The fraction of sp³-hybridized carbons (Fsp3) is 0.429. The monoisotopic (exact) mass is 201 g/mol. The Morgan fingerprint density at radius 1 is 1.20 bits per heavy atom. The molecule has 2 rings (SSSR count). The molecule has 0 atom stereocenters. The second kappa shape index (κ2) is 4.09. The van der Waals surface area contributed by atoms with Gasteiger partial charge < -0.3 is 4.98 Å². The molecule has 0 aliphatic rings. The number of para-hydroxylation sites is 1. The highest BCUT2D eigenvalue weighted by atomic mass is 14.7. The van der Waals surface area contributed by atoms with Crippen molar-refractivity contribution in [3.63, 3.8) is 0 Å². The topological polar surface area (TPSA) is 15.8 Å². The third-order valence-electron chi connectivity index (χ3n) is 2.87. The number of aryl methyl sites for hydroxylation is 1. The summed E-state index contributed by atoms with van der Waals surface area (Å²) in [6.45, 7) is 6.77. The Morgan fingerprint density at radius 2 is 1.93 bits per heavy atom. The molecule has 0 aliphatic heterocycles. The Hall–Kier alpha value is -1.24. The molecule has 1 heteroatoms. The predicted molar refractivity (Wildman–Crippen MR) is 66.2 cm³/mol. The Labute approximate surface area is 91.5 Å². The van der Waals surface area contributed by atoms with Crippen LogP contribution in [0.2, 0.25) is 0 Å². The number of aromatic nitrogens is 1. The first-order valence-corrected chi connectivity index (χ1v) is 5.80. The molecule has 0 saturated heterocycles. The van der Waals surface area contributed by atoms with Crippen LogP contribution in [0.4, 0.5) is 0 Å². The Morgan fingerprint density at radius 3 is 2.60 bits per heavy atom. The van der Waals surface area contributed by atoms with Gasteiger partial charge in [0.1, 0.15) is 0 Å². The Bertz CT molecular complexity index is 451. The first-order chi connectivity index (χ1) is 7.22. The van der Waals surface area contributed by atoms with Crippen LogP contribution in [0.1, 0.15) is 32.0 Å². The number of benzene rings is 1. The molecule has 1 nitrogen and oxygen atoms in total. The largest absolute Gasteiger partial charge is 0.358 e. The molecule has 0 aliphatic carbocycles. The summed E-state index contributed by atoms with van der Waals surface area (Å²) < 4.78 is 0. The van der Waals surface area contributed by atoms with Crippen molar-refractivity contribution in [2.24, 2.45) is 5.92 Å². The molecule has 0 fully saturated rings. The molecule has 0 bridgehead atoms. The molecule has 0 saturated carbocycles. The van der Waals surface area contributed by atoms with Crippen molar-refractivity contribution in [3.05, 3.63) is 35.5 Å². The molecule has 0 unspecified atom stereocenters. The number of hydrogen-bond acceptors (Lipinski definition) is 0. The van der Waals surface area contributed by atoms with Gasteiger partial charge in [0.15, 0.2) is 0 Å². The van der Waals surface area contributed by atoms with Crippen LogP contribution in [-0.2, 0) is 12.8 Å². The fourth-order valence-corrected chi connectivity index (χ4v) is 2.24. The Balaban J connectivity index is 2.54. The van der Waals surface area contributed by atoms with E-state index in [9.17, 15) is 0 Å². The smallest absolute Gasteiger partial charge is 0.0458 e. The first-order valence-electron chi connectivity index (χ1n) is 5.80. The van der Waals surface area contributed by atoms with Gasteiger partial charge in [0.05, 0.1) is 0 Å². The summed E-state index contributed by atoms with van der Waals surface area (Å²) in [6.07, 6.45) is 2.27. The van der Waals surface area contributed by atoms with Crippen LogP contribution in [0, 0.1) is 5.92 Å². The molecular weight excluding hydrogens is 182 g/mol. The third-order valence-corrected chi connectivity index (χ3v) is 2.87. The summed E-state index contributed by atoms with van der Waals surface area (Å²) in [7, 11) is 0. The van der Waals surface area contributed by atoms with Gasteiger partial charge in [0.25, 0.3) is 0 Å². The standard InChI is InChI=1S/C14H19N/c1-4-11-12-7-5-6-8-13(12)15-14(11)9-10(2)3/h5-8,10,15H,4,9H2,1-3H3.